The summed E-state index contributed by atoms with van der Waals surface area (Å²) in [6.45, 7) is 5.08. The maximum Gasteiger partial charge on any atom is 0.229 e. The Bertz CT molecular complexity index is 443. The SMILES string of the molecule is COCC(C)(C)NC(=O)C1CNc2ccccc21. The predicted molar refractivity (Wildman–Crippen MR) is 71.8 cm³/mol. The minimum Gasteiger partial charge on any atom is -0.384 e. The van der Waals surface area contributed by atoms with Gasteiger partial charge in [0.1, 0.15) is 0 Å². The highest BCUT2D eigenvalue weighted by Gasteiger charge is 2.31. The van der Waals surface area contributed by atoms with Crippen LogP contribution in [0.2, 0.25) is 0 Å². The summed E-state index contributed by atoms with van der Waals surface area (Å²) in [7, 11) is 1.64. The van der Waals surface area contributed by atoms with Gasteiger partial charge >= 0.3 is 0 Å². The molecule has 1 heterocycles. The molecule has 1 amide bonds. The van der Waals surface area contributed by atoms with Gasteiger partial charge in [-0.1, -0.05) is 18.2 Å². The van der Waals surface area contributed by atoms with Crippen LogP contribution in [-0.2, 0) is 9.53 Å². The molecule has 2 rings (SSSR count). The van der Waals surface area contributed by atoms with Crippen molar-refractivity contribution in [3.05, 3.63) is 29.8 Å². The second kappa shape index (κ2) is 4.98. The van der Waals surface area contributed by atoms with Crippen LogP contribution in [0.3, 0.4) is 0 Å². The van der Waals surface area contributed by atoms with E-state index < -0.39 is 0 Å². The molecule has 0 saturated carbocycles. The van der Waals surface area contributed by atoms with Crippen molar-refractivity contribution in [3.8, 4) is 0 Å². The van der Waals surface area contributed by atoms with Crippen LogP contribution in [0.4, 0.5) is 5.69 Å². The van der Waals surface area contributed by atoms with Crippen LogP contribution < -0.4 is 10.6 Å². The van der Waals surface area contributed by atoms with E-state index in [-0.39, 0.29) is 17.4 Å². The number of ether oxygens (including phenoxy) is 1. The molecule has 4 heteroatoms. The maximum absolute atomic E-state index is 12.3. The first-order valence-corrected chi connectivity index (χ1v) is 6.17. The third-order valence-corrected chi connectivity index (χ3v) is 3.12. The van der Waals surface area contributed by atoms with Crippen molar-refractivity contribution >= 4 is 11.6 Å². The number of methoxy groups -OCH3 is 1. The molecule has 0 aromatic heterocycles. The minimum absolute atomic E-state index is 0.0505. The van der Waals surface area contributed by atoms with Gasteiger partial charge in [-0.2, -0.15) is 0 Å². The van der Waals surface area contributed by atoms with E-state index in [0.29, 0.717) is 13.2 Å². The highest BCUT2D eigenvalue weighted by atomic mass is 16.5. The zero-order valence-corrected chi connectivity index (χ0v) is 11.1. The van der Waals surface area contributed by atoms with Crippen molar-refractivity contribution in [3.63, 3.8) is 0 Å². The fourth-order valence-corrected chi connectivity index (χ4v) is 2.34. The summed E-state index contributed by atoms with van der Waals surface area (Å²) in [5, 5.41) is 6.29. The van der Waals surface area contributed by atoms with E-state index in [0.717, 1.165) is 11.3 Å². The summed E-state index contributed by atoms with van der Waals surface area (Å²) in [4.78, 5) is 12.3. The number of hydrogen-bond acceptors (Lipinski definition) is 3. The molecular formula is C14H20N2O2. The second-order valence-electron chi connectivity index (χ2n) is 5.33. The first-order chi connectivity index (χ1) is 8.53. The van der Waals surface area contributed by atoms with Crippen LogP contribution in [0, 0.1) is 0 Å². The average molecular weight is 248 g/mol. The quantitative estimate of drug-likeness (QED) is 0.853. The minimum atomic E-state index is -0.344. The Morgan fingerprint density at radius 3 is 2.94 bits per heavy atom. The third-order valence-electron chi connectivity index (χ3n) is 3.12. The smallest absolute Gasteiger partial charge is 0.229 e. The van der Waals surface area contributed by atoms with Gasteiger partial charge in [-0.3, -0.25) is 4.79 Å². The van der Waals surface area contributed by atoms with Crippen molar-refractivity contribution < 1.29 is 9.53 Å². The van der Waals surface area contributed by atoms with Gasteiger partial charge in [0.05, 0.1) is 18.1 Å². The Hall–Kier alpha value is -1.55. The summed E-state index contributed by atoms with van der Waals surface area (Å²) in [5.74, 6) is -0.0631. The van der Waals surface area contributed by atoms with Gasteiger partial charge in [-0.15, -0.1) is 0 Å². The number of nitrogens with one attached hydrogen (secondary N) is 2. The summed E-state index contributed by atoms with van der Waals surface area (Å²) in [6.07, 6.45) is 0. The predicted octanol–water partition coefficient (Wildman–Crippen LogP) is 1.74. The van der Waals surface area contributed by atoms with E-state index in [1.807, 2.05) is 38.1 Å². The number of fused-ring (bicyclic) bond motifs is 1. The van der Waals surface area contributed by atoms with Crippen LogP contribution in [-0.4, -0.2) is 31.7 Å². The largest absolute Gasteiger partial charge is 0.384 e. The fraction of sp³-hybridized carbons (Fsp3) is 0.500. The third kappa shape index (κ3) is 2.64. The zero-order chi connectivity index (χ0) is 13.2. The Balaban J connectivity index is 2.08. The van der Waals surface area contributed by atoms with Crippen molar-refractivity contribution in [1.29, 1.82) is 0 Å². The van der Waals surface area contributed by atoms with Crippen LogP contribution in [0.1, 0.15) is 25.3 Å². The molecule has 1 aliphatic rings. The van der Waals surface area contributed by atoms with E-state index in [1.165, 1.54) is 0 Å². The van der Waals surface area contributed by atoms with E-state index in [1.54, 1.807) is 7.11 Å². The van der Waals surface area contributed by atoms with Crippen molar-refractivity contribution in [2.24, 2.45) is 0 Å². The molecule has 0 bridgehead atoms. The molecule has 1 atom stereocenters. The Labute approximate surface area is 108 Å². The van der Waals surface area contributed by atoms with Crippen LogP contribution in [0.25, 0.3) is 0 Å². The standard InChI is InChI=1S/C14H20N2O2/c1-14(2,9-18-3)16-13(17)11-8-15-12-7-5-4-6-10(11)12/h4-7,11,15H,8-9H2,1-3H3,(H,16,17). The maximum atomic E-state index is 12.3. The van der Waals surface area contributed by atoms with Gasteiger partial charge in [0, 0.05) is 19.3 Å². The lowest BCUT2D eigenvalue weighted by Gasteiger charge is -2.27. The van der Waals surface area contributed by atoms with E-state index in [2.05, 4.69) is 10.6 Å². The molecule has 0 saturated heterocycles. The lowest BCUT2D eigenvalue weighted by atomic mass is 9.98. The monoisotopic (exact) mass is 248 g/mol. The second-order valence-corrected chi connectivity index (χ2v) is 5.33. The summed E-state index contributed by atoms with van der Waals surface area (Å²) in [5.41, 5.74) is 1.79. The van der Waals surface area contributed by atoms with Gasteiger partial charge in [-0.25, -0.2) is 0 Å². The molecule has 2 N–H and O–H groups in total. The number of para-hydroxylation sites is 1. The Kier molecular flexibility index (Phi) is 3.57. The molecule has 1 aromatic rings. The molecule has 1 aromatic carbocycles. The lowest BCUT2D eigenvalue weighted by molar-refractivity contribution is -0.124. The number of carbonyl (C=O) groups is 1. The van der Waals surface area contributed by atoms with Crippen molar-refractivity contribution in [2.75, 3.05) is 25.6 Å². The zero-order valence-electron chi connectivity index (χ0n) is 11.1. The lowest BCUT2D eigenvalue weighted by Crippen LogP contribution is -2.48. The highest BCUT2D eigenvalue weighted by molar-refractivity contribution is 5.88. The van der Waals surface area contributed by atoms with Gasteiger partial charge in [0.15, 0.2) is 0 Å². The number of amides is 1. The van der Waals surface area contributed by atoms with Gasteiger partial charge in [0.2, 0.25) is 5.91 Å². The number of rotatable bonds is 4. The van der Waals surface area contributed by atoms with E-state index in [4.69, 9.17) is 4.74 Å². The number of carbonyl (C=O) groups excluding carboxylic acids is 1. The summed E-state index contributed by atoms with van der Waals surface area (Å²) in [6, 6.07) is 7.94. The molecule has 0 aliphatic carbocycles. The van der Waals surface area contributed by atoms with Crippen LogP contribution in [0.5, 0.6) is 0 Å². The number of anilines is 1. The highest BCUT2D eigenvalue weighted by Crippen LogP contribution is 2.31. The Morgan fingerprint density at radius 2 is 2.22 bits per heavy atom. The summed E-state index contributed by atoms with van der Waals surface area (Å²) < 4.78 is 5.11. The van der Waals surface area contributed by atoms with Crippen molar-refractivity contribution in [2.45, 2.75) is 25.3 Å². The topological polar surface area (TPSA) is 50.4 Å². The van der Waals surface area contributed by atoms with Crippen LogP contribution >= 0.6 is 0 Å². The van der Waals surface area contributed by atoms with E-state index >= 15 is 0 Å². The first-order valence-electron chi connectivity index (χ1n) is 6.17. The van der Waals surface area contributed by atoms with Crippen LogP contribution in [0.15, 0.2) is 24.3 Å². The van der Waals surface area contributed by atoms with Gasteiger partial charge < -0.3 is 15.4 Å². The molecule has 18 heavy (non-hydrogen) atoms. The molecule has 98 valence electrons. The Morgan fingerprint density at radius 1 is 1.50 bits per heavy atom. The normalized spacial score (nSPS) is 18.1. The van der Waals surface area contributed by atoms with E-state index in [9.17, 15) is 4.79 Å². The molecule has 1 unspecified atom stereocenters. The molecule has 0 radical (unpaired) electrons. The molecule has 1 aliphatic heterocycles. The van der Waals surface area contributed by atoms with Gasteiger partial charge in [0.25, 0.3) is 0 Å². The van der Waals surface area contributed by atoms with Gasteiger partial charge in [-0.05, 0) is 25.5 Å². The summed E-state index contributed by atoms with van der Waals surface area (Å²) >= 11 is 0. The number of benzene rings is 1. The first kappa shape index (κ1) is 12.9. The average Bonchev–Trinajstić information content (AvgIpc) is 2.71. The molecule has 0 fully saturated rings. The molecule has 0 spiro atoms. The van der Waals surface area contributed by atoms with Crippen molar-refractivity contribution in [1.82, 2.24) is 5.32 Å². The fourth-order valence-electron chi connectivity index (χ4n) is 2.34. The number of hydrogen-bond donors (Lipinski definition) is 2. The molecular weight excluding hydrogens is 228 g/mol. The molecule has 4 nitrogen and oxygen atoms in total.